The summed E-state index contributed by atoms with van der Waals surface area (Å²) in [5, 5.41) is 5.48. The molecule has 1 aromatic rings. The molecule has 2 fully saturated rings. The Kier molecular flexibility index (Phi) is 13.2. The number of rotatable bonds is 13. The van der Waals surface area contributed by atoms with E-state index >= 15 is 0 Å². The maximum absolute atomic E-state index is 13.8. The summed E-state index contributed by atoms with van der Waals surface area (Å²) in [4.78, 5) is 37.2. The number of hydrogen-bond donors (Lipinski definition) is 2. The van der Waals surface area contributed by atoms with E-state index in [1.165, 1.54) is 23.5 Å². The molecule has 0 saturated carbocycles. The molecule has 0 aromatic heterocycles. The predicted octanol–water partition coefficient (Wildman–Crippen LogP) is 4.05. The molecule has 0 radical (unpaired) electrons. The van der Waals surface area contributed by atoms with Crippen molar-refractivity contribution in [2.45, 2.75) is 68.3 Å². The van der Waals surface area contributed by atoms with Crippen LogP contribution in [-0.4, -0.2) is 66.0 Å². The fourth-order valence-corrected chi connectivity index (χ4v) is 5.81. The first-order valence-electron chi connectivity index (χ1n) is 12.8. The molecule has 3 rings (SSSR count). The molecule has 2 saturated heterocycles. The second-order valence-corrected chi connectivity index (χ2v) is 11.4. The molecular weight excluding hydrogens is 564 g/mol. The maximum Gasteiger partial charge on any atom is 0.311 e. The highest BCUT2D eigenvalue weighted by Gasteiger charge is 2.24. The van der Waals surface area contributed by atoms with E-state index in [4.69, 9.17) is 9.47 Å². The van der Waals surface area contributed by atoms with Crippen molar-refractivity contribution in [2.24, 2.45) is 0 Å². The lowest BCUT2D eigenvalue weighted by atomic mass is 10.1. The van der Waals surface area contributed by atoms with Gasteiger partial charge < -0.3 is 24.8 Å². The molecule has 3 unspecified atom stereocenters. The summed E-state index contributed by atoms with van der Waals surface area (Å²) in [5.74, 6) is -10.1. The summed E-state index contributed by atoms with van der Waals surface area (Å²) in [5.41, 5.74) is -0.126. The van der Waals surface area contributed by atoms with Crippen LogP contribution < -0.4 is 15.4 Å². The molecule has 0 aliphatic carbocycles. The van der Waals surface area contributed by atoms with Crippen LogP contribution in [0, 0.1) is 23.3 Å². The molecular formula is C25H32F4N2O6S2. The fourth-order valence-electron chi connectivity index (χ4n) is 3.90. The third kappa shape index (κ3) is 10.8. The van der Waals surface area contributed by atoms with E-state index in [0.717, 1.165) is 38.5 Å². The molecule has 14 heteroatoms. The lowest BCUT2D eigenvalue weighted by Gasteiger charge is -2.23. The van der Waals surface area contributed by atoms with Gasteiger partial charge in [0.1, 0.15) is 10.9 Å². The highest BCUT2D eigenvalue weighted by Crippen LogP contribution is 2.26. The summed E-state index contributed by atoms with van der Waals surface area (Å²) in [6.07, 6.45) is 5.32. The first-order chi connectivity index (χ1) is 18.7. The van der Waals surface area contributed by atoms with E-state index < -0.39 is 41.0 Å². The number of carbonyl (C=O) groups excluding carboxylic acids is 3. The minimum absolute atomic E-state index is 0.00268. The lowest BCUT2D eigenvalue weighted by Crippen LogP contribution is -2.45. The van der Waals surface area contributed by atoms with E-state index in [-0.39, 0.29) is 59.6 Å². The molecule has 218 valence electrons. The number of ether oxygens (including phenoxy) is 3. The van der Waals surface area contributed by atoms with Gasteiger partial charge in [0, 0.05) is 38.3 Å². The SMILES string of the molecule is O=C(CSC1CCCCO1)NCC(CCC(=O)Oc1cc(F)c(F)c(F)c1F)NC(=O)CSC1CCCCO1. The van der Waals surface area contributed by atoms with E-state index in [9.17, 15) is 31.9 Å². The van der Waals surface area contributed by atoms with E-state index in [1.54, 1.807) is 0 Å². The zero-order valence-corrected chi connectivity index (χ0v) is 22.9. The van der Waals surface area contributed by atoms with Crippen molar-refractivity contribution in [1.82, 2.24) is 10.6 Å². The molecule has 2 aliphatic heterocycles. The zero-order chi connectivity index (χ0) is 28.2. The monoisotopic (exact) mass is 596 g/mol. The third-order valence-electron chi connectivity index (χ3n) is 5.98. The minimum Gasteiger partial charge on any atom is -0.423 e. The zero-order valence-electron chi connectivity index (χ0n) is 21.3. The van der Waals surface area contributed by atoms with Gasteiger partial charge in [-0.15, -0.1) is 23.5 Å². The minimum atomic E-state index is -2.10. The van der Waals surface area contributed by atoms with Crippen LogP contribution in [0.1, 0.15) is 51.4 Å². The number of hydrogen-bond acceptors (Lipinski definition) is 8. The van der Waals surface area contributed by atoms with Crippen molar-refractivity contribution < 1.29 is 46.2 Å². The molecule has 2 N–H and O–H groups in total. The van der Waals surface area contributed by atoms with Gasteiger partial charge in [-0.3, -0.25) is 14.4 Å². The van der Waals surface area contributed by atoms with Crippen molar-refractivity contribution in [3.63, 3.8) is 0 Å². The van der Waals surface area contributed by atoms with Crippen LogP contribution in [0.3, 0.4) is 0 Å². The lowest BCUT2D eigenvalue weighted by molar-refractivity contribution is -0.135. The molecule has 8 nitrogen and oxygen atoms in total. The number of halogens is 4. The van der Waals surface area contributed by atoms with Crippen LogP contribution in [0.15, 0.2) is 6.07 Å². The van der Waals surface area contributed by atoms with Gasteiger partial charge in [0.2, 0.25) is 23.4 Å². The van der Waals surface area contributed by atoms with E-state index in [2.05, 4.69) is 15.4 Å². The Bertz CT molecular complexity index is 994. The van der Waals surface area contributed by atoms with Crippen molar-refractivity contribution in [3.8, 4) is 5.75 Å². The maximum atomic E-state index is 13.8. The first kappa shape index (κ1) is 31.5. The Balaban J connectivity index is 1.51. The molecule has 0 bridgehead atoms. The van der Waals surface area contributed by atoms with Gasteiger partial charge in [-0.2, -0.15) is 4.39 Å². The number of amides is 2. The Labute approximate surface area is 232 Å². The first-order valence-corrected chi connectivity index (χ1v) is 14.9. The summed E-state index contributed by atoms with van der Waals surface area (Å²) in [6, 6.07) is -0.451. The summed E-state index contributed by atoms with van der Waals surface area (Å²) in [7, 11) is 0. The molecule has 39 heavy (non-hydrogen) atoms. The van der Waals surface area contributed by atoms with E-state index in [0.29, 0.717) is 13.2 Å². The predicted molar refractivity (Wildman–Crippen MR) is 138 cm³/mol. The number of esters is 1. The molecule has 3 atom stereocenters. The molecule has 2 heterocycles. The molecule has 2 amide bonds. The Morgan fingerprint density at radius 2 is 1.51 bits per heavy atom. The molecule has 2 aliphatic rings. The van der Waals surface area contributed by atoms with Crippen LogP contribution in [0.25, 0.3) is 0 Å². The van der Waals surface area contributed by atoms with Crippen LogP contribution in [-0.2, 0) is 23.9 Å². The topological polar surface area (TPSA) is 103 Å². The van der Waals surface area contributed by atoms with Gasteiger partial charge in [0.15, 0.2) is 17.4 Å². The molecule has 0 spiro atoms. The van der Waals surface area contributed by atoms with Gasteiger partial charge in [0.25, 0.3) is 0 Å². The van der Waals surface area contributed by atoms with Crippen molar-refractivity contribution in [3.05, 3.63) is 29.3 Å². The van der Waals surface area contributed by atoms with Crippen molar-refractivity contribution in [1.29, 1.82) is 0 Å². The standard InChI is InChI=1S/C25H32F4N2O6S2/c26-16-11-17(24(28)25(29)23(16)27)37-20(34)8-7-15(31-19(33)14-39-22-6-2-4-10-36-22)12-30-18(32)13-38-21-5-1-3-9-35-21/h11,15,21-22H,1-10,12-14H2,(H,30,32)(H,31,33). The Morgan fingerprint density at radius 3 is 2.10 bits per heavy atom. The Morgan fingerprint density at radius 1 is 0.897 bits per heavy atom. The summed E-state index contributed by atoms with van der Waals surface area (Å²) in [6.45, 7) is 1.31. The normalized spacial score (nSPS) is 20.2. The average molecular weight is 597 g/mol. The van der Waals surface area contributed by atoms with Gasteiger partial charge >= 0.3 is 5.97 Å². The number of nitrogens with one attached hydrogen (secondary N) is 2. The summed E-state index contributed by atoms with van der Waals surface area (Å²) < 4.78 is 69.7. The second kappa shape index (κ2) is 16.3. The van der Waals surface area contributed by atoms with Crippen LogP contribution >= 0.6 is 23.5 Å². The highest BCUT2D eigenvalue weighted by atomic mass is 32.2. The van der Waals surface area contributed by atoms with Gasteiger partial charge in [-0.25, -0.2) is 13.2 Å². The average Bonchev–Trinajstić information content (AvgIpc) is 2.95. The smallest absolute Gasteiger partial charge is 0.311 e. The highest BCUT2D eigenvalue weighted by molar-refractivity contribution is 8.00. The van der Waals surface area contributed by atoms with Gasteiger partial charge in [0.05, 0.1) is 11.5 Å². The fraction of sp³-hybridized carbons (Fsp3) is 0.640. The van der Waals surface area contributed by atoms with Crippen LogP contribution in [0.2, 0.25) is 0 Å². The Hall–Kier alpha value is -2.03. The van der Waals surface area contributed by atoms with Crippen molar-refractivity contribution >= 4 is 41.3 Å². The van der Waals surface area contributed by atoms with Crippen molar-refractivity contribution in [2.75, 3.05) is 31.3 Å². The van der Waals surface area contributed by atoms with E-state index in [1.807, 2.05) is 0 Å². The van der Waals surface area contributed by atoms with Gasteiger partial charge in [-0.1, -0.05) is 0 Å². The van der Waals surface area contributed by atoms with Crippen LogP contribution in [0.4, 0.5) is 17.6 Å². The quantitative estimate of drug-likeness (QED) is 0.116. The number of benzene rings is 1. The van der Waals surface area contributed by atoms with Crippen LogP contribution in [0.5, 0.6) is 5.75 Å². The molecule has 1 aromatic carbocycles. The van der Waals surface area contributed by atoms with Gasteiger partial charge in [-0.05, 0) is 44.9 Å². The third-order valence-corrected chi connectivity index (χ3v) is 8.32. The largest absolute Gasteiger partial charge is 0.423 e. The summed E-state index contributed by atoms with van der Waals surface area (Å²) >= 11 is 2.74. The number of carbonyl (C=O) groups is 3. The number of thioether (sulfide) groups is 2. The second-order valence-electron chi connectivity index (χ2n) is 9.09.